The van der Waals surface area contributed by atoms with Gasteiger partial charge in [-0.1, -0.05) is 19.1 Å². The van der Waals surface area contributed by atoms with E-state index in [1.54, 1.807) is 0 Å². The minimum atomic E-state index is -0.650. The zero-order chi connectivity index (χ0) is 14.7. The maximum atomic E-state index is 10.9. The number of rotatable bonds is 6. The third-order valence-electron chi connectivity index (χ3n) is 4.71. The van der Waals surface area contributed by atoms with Crippen LogP contribution in [0.5, 0.6) is 5.75 Å². The van der Waals surface area contributed by atoms with Crippen LogP contribution in [0, 0.1) is 0 Å². The van der Waals surface area contributed by atoms with Crippen molar-refractivity contribution < 1.29 is 9.84 Å². The summed E-state index contributed by atoms with van der Waals surface area (Å²) in [5.41, 5.74) is 0.391. The largest absolute Gasteiger partial charge is 0.490 e. The Balaban J connectivity index is 1.57. The first kappa shape index (κ1) is 14.9. The van der Waals surface area contributed by atoms with Crippen LogP contribution in [0.3, 0.4) is 0 Å². The van der Waals surface area contributed by atoms with E-state index in [1.807, 2.05) is 24.3 Å². The van der Waals surface area contributed by atoms with Crippen molar-refractivity contribution in [1.82, 2.24) is 5.32 Å². The van der Waals surface area contributed by atoms with Gasteiger partial charge in [-0.05, 0) is 69.2 Å². The monoisotopic (exact) mass is 289 g/mol. The average Bonchev–Trinajstić information content (AvgIpc) is 3.31. The Morgan fingerprint density at radius 1 is 1.14 bits per heavy atom. The maximum absolute atomic E-state index is 10.9. The molecule has 0 radical (unpaired) electrons. The van der Waals surface area contributed by atoms with E-state index in [2.05, 4.69) is 12.2 Å². The van der Waals surface area contributed by atoms with Crippen molar-refractivity contribution in [3.05, 3.63) is 29.8 Å². The van der Waals surface area contributed by atoms with Crippen molar-refractivity contribution >= 4 is 0 Å². The summed E-state index contributed by atoms with van der Waals surface area (Å²) in [6.45, 7) is 3.27. The van der Waals surface area contributed by atoms with Gasteiger partial charge in [0.25, 0.3) is 0 Å². The molecule has 2 fully saturated rings. The highest BCUT2D eigenvalue weighted by Crippen LogP contribution is 2.38. The molecule has 21 heavy (non-hydrogen) atoms. The van der Waals surface area contributed by atoms with E-state index in [1.165, 1.54) is 19.3 Å². The molecule has 0 unspecified atom stereocenters. The molecule has 1 aromatic rings. The smallest absolute Gasteiger partial charge is 0.119 e. The lowest BCUT2D eigenvalue weighted by Gasteiger charge is -2.37. The van der Waals surface area contributed by atoms with Gasteiger partial charge in [-0.3, -0.25) is 0 Å². The molecule has 2 aliphatic rings. The third-order valence-corrected chi connectivity index (χ3v) is 4.71. The molecule has 0 aliphatic heterocycles. The molecular weight excluding hydrogens is 262 g/mol. The summed E-state index contributed by atoms with van der Waals surface area (Å²) in [7, 11) is 0. The van der Waals surface area contributed by atoms with Crippen LogP contribution >= 0.6 is 0 Å². The van der Waals surface area contributed by atoms with Crippen LogP contribution in [0.1, 0.15) is 57.4 Å². The lowest BCUT2D eigenvalue weighted by molar-refractivity contribution is -0.00830. The molecule has 3 nitrogen and oxygen atoms in total. The number of benzene rings is 1. The van der Waals surface area contributed by atoms with E-state index in [0.717, 1.165) is 43.5 Å². The SMILES string of the molecule is CCCNC1CCC(O)(c2ccc(OC3CC3)cc2)CC1. The van der Waals surface area contributed by atoms with Gasteiger partial charge in [0.15, 0.2) is 0 Å². The normalized spacial score (nSPS) is 29.3. The van der Waals surface area contributed by atoms with Gasteiger partial charge in [0, 0.05) is 6.04 Å². The number of nitrogens with one attached hydrogen (secondary N) is 1. The summed E-state index contributed by atoms with van der Waals surface area (Å²) in [5.74, 6) is 0.933. The molecule has 0 aromatic heterocycles. The van der Waals surface area contributed by atoms with Crippen molar-refractivity contribution in [3.63, 3.8) is 0 Å². The van der Waals surface area contributed by atoms with Crippen molar-refractivity contribution in [2.75, 3.05) is 6.54 Å². The maximum Gasteiger partial charge on any atom is 0.119 e. The highest BCUT2D eigenvalue weighted by Gasteiger charge is 2.34. The van der Waals surface area contributed by atoms with Gasteiger partial charge in [0.1, 0.15) is 5.75 Å². The summed E-state index contributed by atoms with van der Waals surface area (Å²) in [5, 5.41) is 14.5. The van der Waals surface area contributed by atoms with Crippen molar-refractivity contribution in [1.29, 1.82) is 0 Å². The van der Waals surface area contributed by atoms with E-state index in [4.69, 9.17) is 4.74 Å². The molecule has 0 heterocycles. The number of aliphatic hydroxyl groups is 1. The Morgan fingerprint density at radius 2 is 1.81 bits per heavy atom. The molecule has 116 valence electrons. The Hall–Kier alpha value is -1.06. The van der Waals surface area contributed by atoms with Crippen LogP contribution < -0.4 is 10.1 Å². The Labute approximate surface area is 127 Å². The molecule has 2 N–H and O–H groups in total. The quantitative estimate of drug-likeness (QED) is 0.844. The lowest BCUT2D eigenvalue weighted by Crippen LogP contribution is -2.40. The van der Waals surface area contributed by atoms with Gasteiger partial charge < -0.3 is 15.2 Å². The molecule has 2 saturated carbocycles. The molecule has 0 atom stereocenters. The van der Waals surface area contributed by atoms with Gasteiger partial charge in [0.05, 0.1) is 11.7 Å². The zero-order valence-electron chi connectivity index (χ0n) is 13.0. The fourth-order valence-electron chi connectivity index (χ4n) is 3.16. The fraction of sp³-hybridized carbons (Fsp3) is 0.667. The second-order valence-corrected chi connectivity index (χ2v) is 6.60. The van der Waals surface area contributed by atoms with E-state index in [-0.39, 0.29) is 0 Å². The molecule has 0 bridgehead atoms. The summed E-state index contributed by atoms with van der Waals surface area (Å²) >= 11 is 0. The van der Waals surface area contributed by atoms with Crippen LogP contribution in [0.2, 0.25) is 0 Å². The number of hydrogen-bond donors (Lipinski definition) is 2. The highest BCUT2D eigenvalue weighted by molar-refractivity contribution is 5.31. The Bertz CT molecular complexity index is 445. The van der Waals surface area contributed by atoms with Gasteiger partial charge in [-0.15, -0.1) is 0 Å². The Morgan fingerprint density at radius 3 is 2.38 bits per heavy atom. The molecule has 0 amide bonds. The van der Waals surface area contributed by atoms with Gasteiger partial charge in [-0.2, -0.15) is 0 Å². The summed E-state index contributed by atoms with van der Waals surface area (Å²) in [4.78, 5) is 0. The molecule has 3 rings (SSSR count). The summed E-state index contributed by atoms with van der Waals surface area (Å²) in [6, 6.07) is 8.66. The molecule has 1 aromatic carbocycles. The highest BCUT2D eigenvalue weighted by atomic mass is 16.5. The topological polar surface area (TPSA) is 41.5 Å². The van der Waals surface area contributed by atoms with Crippen LogP contribution in [-0.2, 0) is 5.60 Å². The zero-order valence-corrected chi connectivity index (χ0v) is 13.0. The van der Waals surface area contributed by atoms with E-state index in [0.29, 0.717) is 12.1 Å². The van der Waals surface area contributed by atoms with Crippen LogP contribution in [0.15, 0.2) is 24.3 Å². The predicted octanol–water partition coefficient (Wildman–Crippen LogP) is 3.36. The Kier molecular flexibility index (Phi) is 4.51. The average molecular weight is 289 g/mol. The predicted molar refractivity (Wildman–Crippen MR) is 84.5 cm³/mol. The van der Waals surface area contributed by atoms with E-state index >= 15 is 0 Å². The number of ether oxygens (including phenoxy) is 1. The van der Waals surface area contributed by atoms with Crippen molar-refractivity contribution in [2.45, 2.75) is 69.6 Å². The first-order valence-electron chi connectivity index (χ1n) is 8.42. The van der Waals surface area contributed by atoms with Crippen LogP contribution in [0.25, 0.3) is 0 Å². The van der Waals surface area contributed by atoms with E-state index in [9.17, 15) is 5.11 Å². The lowest BCUT2D eigenvalue weighted by atomic mass is 9.77. The second kappa shape index (κ2) is 6.37. The molecule has 2 aliphatic carbocycles. The number of hydrogen-bond acceptors (Lipinski definition) is 3. The first-order chi connectivity index (χ1) is 10.2. The molecule has 0 saturated heterocycles. The minimum Gasteiger partial charge on any atom is -0.490 e. The van der Waals surface area contributed by atoms with Gasteiger partial charge in [0.2, 0.25) is 0 Å². The fourth-order valence-corrected chi connectivity index (χ4v) is 3.16. The molecule has 0 spiro atoms. The third kappa shape index (κ3) is 3.78. The first-order valence-corrected chi connectivity index (χ1v) is 8.42. The van der Waals surface area contributed by atoms with Crippen molar-refractivity contribution in [3.8, 4) is 5.75 Å². The summed E-state index contributed by atoms with van der Waals surface area (Å²) in [6.07, 6.45) is 7.75. The van der Waals surface area contributed by atoms with Crippen LogP contribution in [0.4, 0.5) is 0 Å². The second-order valence-electron chi connectivity index (χ2n) is 6.60. The summed E-state index contributed by atoms with van der Waals surface area (Å²) < 4.78 is 5.77. The van der Waals surface area contributed by atoms with E-state index < -0.39 is 5.60 Å². The van der Waals surface area contributed by atoms with Gasteiger partial charge >= 0.3 is 0 Å². The molecule has 3 heteroatoms. The molecular formula is C18H27NO2. The van der Waals surface area contributed by atoms with Crippen molar-refractivity contribution in [2.24, 2.45) is 0 Å². The van der Waals surface area contributed by atoms with Crippen LogP contribution in [-0.4, -0.2) is 23.8 Å². The van der Waals surface area contributed by atoms with Gasteiger partial charge in [-0.25, -0.2) is 0 Å². The minimum absolute atomic E-state index is 0.430. The standard InChI is InChI=1S/C18H27NO2/c1-2-13-19-15-9-11-18(20,12-10-15)14-3-5-16(6-4-14)21-17-7-8-17/h3-6,15,17,19-20H,2,7-13H2,1H3.